The number of ether oxygens (including phenoxy) is 1. The van der Waals surface area contributed by atoms with Crippen molar-refractivity contribution in [1.29, 1.82) is 0 Å². The Kier molecular flexibility index (Phi) is 7.32. The first-order chi connectivity index (χ1) is 14.6. The second-order valence-electron chi connectivity index (χ2n) is 6.71. The number of amides is 1. The van der Waals surface area contributed by atoms with Crippen LogP contribution >= 0.6 is 0 Å². The number of carbonyl (C=O) groups excluding carboxylic acids is 2. The number of rotatable bonds is 9. The van der Waals surface area contributed by atoms with Gasteiger partial charge in [-0.25, -0.2) is 14.2 Å². The van der Waals surface area contributed by atoms with E-state index in [2.05, 4.69) is 10.3 Å². The Bertz CT molecular complexity index is 998. The number of nitrogens with zero attached hydrogens (tertiary/aromatic N) is 1. The lowest BCUT2D eigenvalue weighted by atomic mass is 10.2. The van der Waals surface area contributed by atoms with Gasteiger partial charge in [0.1, 0.15) is 5.82 Å². The van der Waals surface area contributed by atoms with Crippen LogP contribution in [0.3, 0.4) is 0 Å². The molecular formula is C23H23FN2O4. The highest BCUT2D eigenvalue weighted by Crippen LogP contribution is 2.23. The zero-order chi connectivity index (χ0) is 21.3. The molecule has 6 nitrogen and oxygen atoms in total. The molecule has 156 valence electrons. The van der Waals surface area contributed by atoms with E-state index >= 15 is 0 Å². The summed E-state index contributed by atoms with van der Waals surface area (Å²) < 4.78 is 24.5. The third kappa shape index (κ3) is 5.76. The van der Waals surface area contributed by atoms with Crippen molar-refractivity contribution in [3.8, 4) is 11.3 Å². The number of carbonyl (C=O) groups is 2. The van der Waals surface area contributed by atoms with E-state index in [0.717, 1.165) is 12.8 Å². The summed E-state index contributed by atoms with van der Waals surface area (Å²) in [6, 6.07) is 12.8. The van der Waals surface area contributed by atoms with Gasteiger partial charge in [-0.3, -0.25) is 4.79 Å². The minimum Gasteiger partial charge on any atom is -0.462 e. The van der Waals surface area contributed by atoms with Crippen molar-refractivity contribution in [2.24, 2.45) is 0 Å². The van der Waals surface area contributed by atoms with Crippen molar-refractivity contribution in [2.75, 3.05) is 11.9 Å². The summed E-state index contributed by atoms with van der Waals surface area (Å²) in [4.78, 5) is 28.2. The van der Waals surface area contributed by atoms with Gasteiger partial charge in [0.2, 0.25) is 5.91 Å². The number of halogens is 1. The Morgan fingerprint density at radius 2 is 1.90 bits per heavy atom. The van der Waals surface area contributed by atoms with Gasteiger partial charge >= 0.3 is 5.97 Å². The second-order valence-corrected chi connectivity index (χ2v) is 6.71. The van der Waals surface area contributed by atoms with Crippen molar-refractivity contribution < 1.29 is 23.1 Å². The van der Waals surface area contributed by atoms with Gasteiger partial charge in [0.15, 0.2) is 11.7 Å². The molecule has 7 heteroatoms. The van der Waals surface area contributed by atoms with E-state index in [-0.39, 0.29) is 24.7 Å². The number of benzene rings is 2. The molecule has 0 aliphatic rings. The van der Waals surface area contributed by atoms with Gasteiger partial charge in [-0.1, -0.05) is 25.5 Å². The molecule has 0 saturated carbocycles. The predicted octanol–water partition coefficient (Wildman–Crippen LogP) is 5.01. The predicted molar refractivity (Wildman–Crippen MR) is 110 cm³/mol. The van der Waals surface area contributed by atoms with Crippen LogP contribution in [-0.2, 0) is 16.0 Å². The molecule has 1 N–H and O–H groups in total. The van der Waals surface area contributed by atoms with E-state index < -0.39 is 5.82 Å². The van der Waals surface area contributed by atoms with Crippen LogP contribution in [0.15, 0.2) is 59.1 Å². The van der Waals surface area contributed by atoms with Crippen LogP contribution in [-0.4, -0.2) is 23.5 Å². The molecule has 0 aliphatic carbocycles. The first-order valence-electron chi connectivity index (χ1n) is 9.83. The molecule has 2 aromatic carbocycles. The van der Waals surface area contributed by atoms with Crippen LogP contribution in [0.5, 0.6) is 0 Å². The quantitative estimate of drug-likeness (QED) is 0.396. The number of nitrogens with one attached hydrogen (secondary N) is 1. The zero-order valence-electron chi connectivity index (χ0n) is 16.7. The number of unbranched alkanes of at least 4 members (excludes halogenated alkanes) is 1. The van der Waals surface area contributed by atoms with E-state index in [1.54, 1.807) is 42.5 Å². The molecule has 0 fully saturated rings. The van der Waals surface area contributed by atoms with Crippen LogP contribution in [0.25, 0.3) is 11.3 Å². The standard InChI is InChI=1S/C23H23FN2O4/c1-2-3-14-29-23(28)16-8-10-17(11-9-16)26-21(27)12-13-22-25-15-20(30-22)18-6-4-5-7-19(18)24/h4-11,15H,2-3,12-14H2,1H3,(H,26,27). The third-order valence-corrected chi connectivity index (χ3v) is 4.39. The van der Waals surface area contributed by atoms with Gasteiger partial charge in [-0.15, -0.1) is 0 Å². The highest BCUT2D eigenvalue weighted by Gasteiger charge is 2.12. The van der Waals surface area contributed by atoms with Crippen molar-refractivity contribution in [1.82, 2.24) is 4.98 Å². The first-order valence-corrected chi connectivity index (χ1v) is 9.83. The van der Waals surface area contributed by atoms with Crippen LogP contribution in [0.2, 0.25) is 0 Å². The fourth-order valence-electron chi connectivity index (χ4n) is 2.74. The lowest BCUT2D eigenvalue weighted by Gasteiger charge is -2.07. The Morgan fingerprint density at radius 1 is 1.13 bits per heavy atom. The fraction of sp³-hybridized carbons (Fsp3) is 0.261. The number of hydrogen-bond acceptors (Lipinski definition) is 5. The summed E-state index contributed by atoms with van der Waals surface area (Å²) in [5, 5.41) is 2.76. The highest BCUT2D eigenvalue weighted by atomic mass is 19.1. The van der Waals surface area contributed by atoms with Crippen LogP contribution in [0, 0.1) is 5.82 Å². The van der Waals surface area contributed by atoms with E-state index in [1.165, 1.54) is 12.3 Å². The topological polar surface area (TPSA) is 81.4 Å². The lowest BCUT2D eigenvalue weighted by molar-refractivity contribution is -0.116. The zero-order valence-corrected chi connectivity index (χ0v) is 16.7. The van der Waals surface area contributed by atoms with Gasteiger partial charge in [0, 0.05) is 18.5 Å². The molecule has 0 aliphatic heterocycles. The summed E-state index contributed by atoms with van der Waals surface area (Å²) in [5.41, 5.74) is 1.34. The minimum absolute atomic E-state index is 0.151. The minimum atomic E-state index is -0.393. The van der Waals surface area contributed by atoms with Gasteiger partial charge in [-0.2, -0.15) is 0 Å². The largest absolute Gasteiger partial charge is 0.462 e. The van der Waals surface area contributed by atoms with Gasteiger partial charge in [0.25, 0.3) is 0 Å². The molecule has 0 atom stereocenters. The average molecular weight is 410 g/mol. The molecule has 0 saturated heterocycles. The summed E-state index contributed by atoms with van der Waals surface area (Å²) in [6.45, 7) is 2.42. The third-order valence-electron chi connectivity index (χ3n) is 4.39. The van der Waals surface area contributed by atoms with E-state index in [4.69, 9.17) is 9.15 Å². The summed E-state index contributed by atoms with van der Waals surface area (Å²) >= 11 is 0. The Morgan fingerprint density at radius 3 is 2.63 bits per heavy atom. The Balaban J connectivity index is 1.49. The van der Waals surface area contributed by atoms with Crippen molar-refractivity contribution >= 4 is 17.6 Å². The number of anilines is 1. The Hall–Kier alpha value is -3.48. The summed E-state index contributed by atoms with van der Waals surface area (Å²) in [5.74, 6) is -0.316. The molecule has 1 aromatic heterocycles. The maximum atomic E-state index is 13.8. The smallest absolute Gasteiger partial charge is 0.338 e. The lowest BCUT2D eigenvalue weighted by Crippen LogP contribution is -2.12. The molecule has 0 bridgehead atoms. The second kappa shape index (κ2) is 10.3. The normalized spacial score (nSPS) is 10.6. The fourth-order valence-corrected chi connectivity index (χ4v) is 2.74. The summed E-state index contributed by atoms with van der Waals surface area (Å²) in [6.07, 6.45) is 3.66. The molecule has 0 spiro atoms. The highest BCUT2D eigenvalue weighted by molar-refractivity contribution is 5.93. The van der Waals surface area contributed by atoms with Crippen LogP contribution in [0.1, 0.15) is 42.4 Å². The molecule has 30 heavy (non-hydrogen) atoms. The number of oxazole rings is 1. The number of hydrogen-bond donors (Lipinski definition) is 1. The monoisotopic (exact) mass is 410 g/mol. The van der Waals surface area contributed by atoms with E-state index in [0.29, 0.717) is 35.1 Å². The SMILES string of the molecule is CCCCOC(=O)c1ccc(NC(=O)CCc2ncc(-c3ccccc3F)o2)cc1. The van der Waals surface area contributed by atoms with E-state index in [9.17, 15) is 14.0 Å². The van der Waals surface area contributed by atoms with Crippen molar-refractivity contribution in [2.45, 2.75) is 32.6 Å². The van der Waals surface area contributed by atoms with E-state index in [1.807, 2.05) is 6.92 Å². The molecule has 0 radical (unpaired) electrons. The van der Waals surface area contributed by atoms with Crippen LogP contribution in [0.4, 0.5) is 10.1 Å². The van der Waals surface area contributed by atoms with Crippen molar-refractivity contribution in [3.05, 3.63) is 72.0 Å². The van der Waals surface area contributed by atoms with Gasteiger partial charge in [-0.05, 0) is 42.8 Å². The number of esters is 1. The molecule has 1 heterocycles. The average Bonchev–Trinajstić information content (AvgIpc) is 3.22. The number of aromatic nitrogens is 1. The molecule has 1 amide bonds. The first kappa shape index (κ1) is 21.2. The molecular weight excluding hydrogens is 387 g/mol. The number of aryl methyl sites for hydroxylation is 1. The summed E-state index contributed by atoms with van der Waals surface area (Å²) in [7, 11) is 0. The van der Waals surface area contributed by atoms with Crippen LogP contribution < -0.4 is 5.32 Å². The maximum Gasteiger partial charge on any atom is 0.338 e. The van der Waals surface area contributed by atoms with Gasteiger partial charge in [0.05, 0.1) is 23.9 Å². The van der Waals surface area contributed by atoms with Gasteiger partial charge < -0.3 is 14.5 Å². The van der Waals surface area contributed by atoms with Crippen molar-refractivity contribution in [3.63, 3.8) is 0 Å². The Labute approximate surface area is 174 Å². The molecule has 0 unspecified atom stereocenters. The molecule has 3 rings (SSSR count). The molecule has 3 aromatic rings. The maximum absolute atomic E-state index is 13.8.